The number of aromatic nitrogens is 2. The van der Waals surface area contributed by atoms with Crippen molar-refractivity contribution in [2.24, 2.45) is 10.8 Å². The largest absolute Gasteiger partial charge is 0.334 e. The molecular formula is C18H22ClN3O. The number of amides is 1. The van der Waals surface area contributed by atoms with Crippen LogP contribution in [-0.2, 0) is 0 Å². The number of fused-ring (bicyclic) bond motifs is 3. The van der Waals surface area contributed by atoms with Crippen LogP contribution in [-0.4, -0.2) is 32.8 Å². The number of nitrogens with zero attached hydrogens (tertiary/aromatic N) is 3. The fourth-order valence-corrected chi connectivity index (χ4v) is 5.08. The fraction of sp³-hybridized carbons (Fsp3) is 0.556. The van der Waals surface area contributed by atoms with E-state index in [1.54, 1.807) is 18.5 Å². The van der Waals surface area contributed by atoms with Crippen LogP contribution in [0.15, 0.2) is 24.5 Å². The van der Waals surface area contributed by atoms with Crippen molar-refractivity contribution in [1.82, 2.24) is 14.3 Å². The first-order valence-corrected chi connectivity index (χ1v) is 8.58. The van der Waals surface area contributed by atoms with Crippen LogP contribution in [0.25, 0.3) is 5.65 Å². The summed E-state index contributed by atoms with van der Waals surface area (Å²) < 4.78 is 1.82. The van der Waals surface area contributed by atoms with E-state index in [1.165, 1.54) is 6.42 Å². The number of carbonyl (C=O) groups excluding carboxylic acids is 1. The SMILES string of the molecule is CC1(C)C[C@H]2C[C@@](C)(CN2C(=O)c2cn3cc(Cl)ccc3n2)C1. The third-order valence-electron chi connectivity index (χ3n) is 5.31. The molecule has 2 aliphatic rings. The molecule has 0 unspecified atom stereocenters. The van der Waals surface area contributed by atoms with Crippen LogP contribution >= 0.6 is 11.6 Å². The number of hydrogen-bond donors (Lipinski definition) is 0. The molecule has 1 aliphatic heterocycles. The summed E-state index contributed by atoms with van der Waals surface area (Å²) in [6.07, 6.45) is 6.95. The Kier molecular flexibility index (Phi) is 3.08. The molecule has 4 rings (SSSR count). The van der Waals surface area contributed by atoms with Gasteiger partial charge >= 0.3 is 0 Å². The van der Waals surface area contributed by atoms with Gasteiger partial charge in [0, 0.05) is 25.0 Å². The van der Waals surface area contributed by atoms with Crippen molar-refractivity contribution < 1.29 is 4.79 Å². The molecule has 2 aromatic rings. The highest BCUT2D eigenvalue weighted by Gasteiger charge is 2.51. The van der Waals surface area contributed by atoms with Gasteiger partial charge in [-0.05, 0) is 42.2 Å². The van der Waals surface area contributed by atoms with Crippen LogP contribution in [0, 0.1) is 10.8 Å². The van der Waals surface area contributed by atoms with E-state index in [2.05, 4.69) is 30.7 Å². The van der Waals surface area contributed by atoms with Crippen LogP contribution in [0.2, 0.25) is 5.02 Å². The average molecular weight is 332 g/mol. The van der Waals surface area contributed by atoms with E-state index in [-0.39, 0.29) is 11.3 Å². The summed E-state index contributed by atoms with van der Waals surface area (Å²) in [5, 5.41) is 0.639. The fourth-order valence-electron chi connectivity index (χ4n) is 4.91. The quantitative estimate of drug-likeness (QED) is 0.791. The molecule has 2 aromatic heterocycles. The van der Waals surface area contributed by atoms with Crippen molar-refractivity contribution in [3.05, 3.63) is 35.2 Å². The molecule has 1 aliphatic carbocycles. The van der Waals surface area contributed by atoms with E-state index < -0.39 is 0 Å². The lowest BCUT2D eigenvalue weighted by molar-refractivity contribution is 0.0703. The maximum atomic E-state index is 13.0. The van der Waals surface area contributed by atoms with Gasteiger partial charge in [0.15, 0.2) is 0 Å². The van der Waals surface area contributed by atoms with Crippen molar-refractivity contribution in [1.29, 1.82) is 0 Å². The lowest BCUT2D eigenvalue weighted by Crippen LogP contribution is -2.37. The Morgan fingerprint density at radius 3 is 2.83 bits per heavy atom. The number of hydrogen-bond acceptors (Lipinski definition) is 2. The number of halogens is 1. The number of carbonyl (C=O) groups is 1. The van der Waals surface area contributed by atoms with Gasteiger partial charge in [0.1, 0.15) is 11.3 Å². The molecular weight excluding hydrogens is 310 g/mol. The van der Waals surface area contributed by atoms with Gasteiger partial charge in [0.2, 0.25) is 0 Å². The summed E-state index contributed by atoms with van der Waals surface area (Å²) >= 11 is 6.01. The first kappa shape index (κ1) is 15.0. The number of imidazole rings is 1. The lowest BCUT2D eigenvalue weighted by Gasteiger charge is -2.39. The molecule has 1 amide bonds. The summed E-state index contributed by atoms with van der Waals surface area (Å²) in [6.45, 7) is 7.79. The topological polar surface area (TPSA) is 37.6 Å². The molecule has 5 heteroatoms. The van der Waals surface area contributed by atoms with Crippen LogP contribution in [0.4, 0.5) is 0 Å². The van der Waals surface area contributed by atoms with Crippen LogP contribution in [0.5, 0.6) is 0 Å². The zero-order valence-electron chi connectivity index (χ0n) is 13.8. The van der Waals surface area contributed by atoms with E-state index in [4.69, 9.17) is 11.6 Å². The molecule has 2 fully saturated rings. The van der Waals surface area contributed by atoms with E-state index in [9.17, 15) is 4.79 Å². The van der Waals surface area contributed by atoms with Crippen LogP contribution in [0.1, 0.15) is 50.5 Å². The van der Waals surface area contributed by atoms with Crippen molar-refractivity contribution in [3.63, 3.8) is 0 Å². The molecule has 0 spiro atoms. The Hall–Kier alpha value is -1.55. The van der Waals surface area contributed by atoms with Crippen molar-refractivity contribution in [2.75, 3.05) is 6.54 Å². The lowest BCUT2D eigenvalue weighted by atomic mass is 9.65. The van der Waals surface area contributed by atoms with E-state index in [1.807, 2.05) is 10.5 Å². The third kappa shape index (κ3) is 2.53. The van der Waals surface area contributed by atoms with Gasteiger partial charge in [0.25, 0.3) is 5.91 Å². The predicted octanol–water partition coefficient (Wildman–Crippen LogP) is 4.03. The molecule has 4 nitrogen and oxygen atoms in total. The first-order chi connectivity index (χ1) is 10.7. The van der Waals surface area contributed by atoms with Gasteiger partial charge < -0.3 is 9.30 Å². The third-order valence-corrected chi connectivity index (χ3v) is 5.53. The average Bonchev–Trinajstić information content (AvgIpc) is 2.94. The molecule has 2 atom stereocenters. The summed E-state index contributed by atoms with van der Waals surface area (Å²) in [5.74, 6) is 0.0521. The Balaban J connectivity index is 1.66. The predicted molar refractivity (Wildman–Crippen MR) is 90.8 cm³/mol. The highest BCUT2D eigenvalue weighted by Crippen LogP contribution is 2.52. The van der Waals surface area contributed by atoms with Gasteiger partial charge in [-0.3, -0.25) is 4.79 Å². The van der Waals surface area contributed by atoms with Crippen LogP contribution in [0.3, 0.4) is 0 Å². The zero-order valence-corrected chi connectivity index (χ0v) is 14.6. The molecule has 1 saturated heterocycles. The minimum atomic E-state index is 0.0521. The number of likely N-dealkylation sites (tertiary alicyclic amines) is 1. The molecule has 0 N–H and O–H groups in total. The monoisotopic (exact) mass is 331 g/mol. The smallest absolute Gasteiger partial charge is 0.274 e. The normalized spacial score (nSPS) is 29.2. The summed E-state index contributed by atoms with van der Waals surface area (Å²) in [7, 11) is 0. The number of rotatable bonds is 1. The number of pyridine rings is 1. The minimum absolute atomic E-state index is 0.0521. The van der Waals surface area contributed by atoms with Gasteiger partial charge in [-0.25, -0.2) is 4.98 Å². The summed E-state index contributed by atoms with van der Waals surface area (Å²) in [5.41, 5.74) is 1.82. The first-order valence-electron chi connectivity index (χ1n) is 8.20. The maximum Gasteiger partial charge on any atom is 0.274 e. The molecule has 0 radical (unpaired) electrons. The Labute approximate surface area is 141 Å². The second-order valence-electron chi connectivity index (χ2n) is 8.39. The molecule has 0 aromatic carbocycles. The second-order valence-corrected chi connectivity index (χ2v) is 8.82. The van der Waals surface area contributed by atoms with Gasteiger partial charge in [-0.15, -0.1) is 0 Å². The van der Waals surface area contributed by atoms with Crippen molar-refractivity contribution >= 4 is 23.2 Å². The summed E-state index contributed by atoms with van der Waals surface area (Å²) in [6, 6.07) is 3.97. The minimum Gasteiger partial charge on any atom is -0.334 e. The Bertz CT molecular complexity index is 797. The Morgan fingerprint density at radius 2 is 2.04 bits per heavy atom. The maximum absolute atomic E-state index is 13.0. The van der Waals surface area contributed by atoms with Gasteiger partial charge in [-0.2, -0.15) is 0 Å². The molecule has 3 heterocycles. The van der Waals surface area contributed by atoms with Gasteiger partial charge in [-0.1, -0.05) is 32.4 Å². The standard InChI is InChI=1S/C18H22ClN3O/c1-17(2)6-13-7-18(3,10-17)11-22(13)16(23)14-9-21-8-12(19)4-5-15(21)20-14/h4-5,8-9,13H,6-7,10-11H2,1-3H3/t13-,18+/m0/s1. The molecule has 122 valence electrons. The molecule has 1 saturated carbocycles. The second kappa shape index (κ2) is 4.73. The Morgan fingerprint density at radius 1 is 1.26 bits per heavy atom. The summed E-state index contributed by atoms with van der Waals surface area (Å²) in [4.78, 5) is 19.6. The van der Waals surface area contributed by atoms with Gasteiger partial charge in [0.05, 0.1) is 5.02 Å². The molecule has 23 heavy (non-hydrogen) atoms. The zero-order chi connectivity index (χ0) is 16.4. The van der Waals surface area contributed by atoms with E-state index in [0.29, 0.717) is 22.2 Å². The van der Waals surface area contributed by atoms with E-state index in [0.717, 1.165) is 25.0 Å². The van der Waals surface area contributed by atoms with E-state index >= 15 is 0 Å². The highest BCUT2D eigenvalue weighted by atomic mass is 35.5. The molecule has 2 bridgehead atoms. The van der Waals surface area contributed by atoms with Crippen molar-refractivity contribution in [3.8, 4) is 0 Å². The highest BCUT2D eigenvalue weighted by molar-refractivity contribution is 6.30. The van der Waals surface area contributed by atoms with Crippen molar-refractivity contribution in [2.45, 2.75) is 46.1 Å². The van der Waals surface area contributed by atoms with Crippen LogP contribution < -0.4 is 0 Å².